The van der Waals surface area contributed by atoms with E-state index in [1.807, 2.05) is 34.6 Å². The van der Waals surface area contributed by atoms with Crippen LogP contribution in [0.2, 0.25) is 0 Å². The smallest absolute Gasteiger partial charge is 0.407 e. The van der Waals surface area contributed by atoms with E-state index in [9.17, 15) is 4.79 Å². The first-order chi connectivity index (χ1) is 9.24. The second kappa shape index (κ2) is 5.69. The fraction of sp³-hybridized carbons (Fsp3) is 0.714. The van der Waals surface area contributed by atoms with Crippen molar-refractivity contribution in [1.82, 2.24) is 15.6 Å². The predicted octanol–water partition coefficient (Wildman–Crippen LogP) is 2.52. The van der Waals surface area contributed by atoms with Gasteiger partial charge in [-0.25, -0.2) is 9.78 Å². The maximum Gasteiger partial charge on any atom is 0.407 e. The van der Waals surface area contributed by atoms with Gasteiger partial charge in [0.1, 0.15) is 5.60 Å². The number of aryl methyl sites for hydroxylation is 2. The summed E-state index contributed by atoms with van der Waals surface area (Å²) in [5, 5.41) is 7.42. The third kappa shape index (κ3) is 4.45. The highest BCUT2D eigenvalue weighted by Crippen LogP contribution is 2.24. The topological polar surface area (TPSA) is 63.2 Å². The minimum atomic E-state index is -0.445. The van der Waals surface area contributed by atoms with Gasteiger partial charge in [-0.15, -0.1) is 11.3 Å². The van der Waals surface area contributed by atoms with Crippen LogP contribution in [0.25, 0.3) is 0 Å². The van der Waals surface area contributed by atoms with Crippen LogP contribution < -0.4 is 10.6 Å². The molecule has 1 aliphatic carbocycles. The molecule has 1 aromatic rings. The lowest BCUT2D eigenvalue weighted by atomic mass is 10.2. The molecule has 1 amide bonds. The van der Waals surface area contributed by atoms with Crippen LogP contribution in [0.3, 0.4) is 0 Å². The highest BCUT2D eigenvalue weighted by molar-refractivity contribution is 7.11. The van der Waals surface area contributed by atoms with Crippen LogP contribution in [-0.2, 0) is 11.3 Å². The van der Waals surface area contributed by atoms with Crippen LogP contribution in [0.15, 0.2) is 0 Å². The Hall–Kier alpha value is -1.14. The molecule has 0 radical (unpaired) electrons. The first-order valence-electron chi connectivity index (χ1n) is 6.90. The second-order valence-corrected chi connectivity index (χ2v) is 7.51. The molecule has 0 spiro atoms. The molecule has 1 heterocycles. The SMILES string of the molecule is Cc1nc(C)c(CNC2CC2NC(=O)OC(C)(C)C)s1. The number of carbonyl (C=O) groups is 1. The first-order valence-corrected chi connectivity index (χ1v) is 7.72. The van der Waals surface area contributed by atoms with Gasteiger partial charge in [0.15, 0.2) is 0 Å². The van der Waals surface area contributed by atoms with Gasteiger partial charge in [-0.2, -0.15) is 0 Å². The third-order valence-electron chi connectivity index (χ3n) is 3.02. The van der Waals surface area contributed by atoms with Crippen molar-refractivity contribution in [1.29, 1.82) is 0 Å². The van der Waals surface area contributed by atoms with Crippen LogP contribution in [0, 0.1) is 13.8 Å². The van der Waals surface area contributed by atoms with Gasteiger partial charge in [0.25, 0.3) is 0 Å². The maximum absolute atomic E-state index is 11.6. The second-order valence-electron chi connectivity index (χ2n) is 6.22. The van der Waals surface area contributed by atoms with Crippen molar-refractivity contribution < 1.29 is 9.53 Å². The van der Waals surface area contributed by atoms with Crippen molar-refractivity contribution in [3.63, 3.8) is 0 Å². The van der Waals surface area contributed by atoms with Crippen molar-refractivity contribution in [2.75, 3.05) is 0 Å². The van der Waals surface area contributed by atoms with Crippen molar-refractivity contribution in [2.24, 2.45) is 0 Å². The molecule has 5 nitrogen and oxygen atoms in total. The molecular formula is C14H23N3O2S. The molecule has 1 saturated carbocycles. The van der Waals surface area contributed by atoms with Crippen LogP contribution in [0.1, 0.15) is 42.8 Å². The Morgan fingerprint density at radius 1 is 1.40 bits per heavy atom. The summed E-state index contributed by atoms with van der Waals surface area (Å²) in [4.78, 5) is 17.3. The number of hydrogen-bond donors (Lipinski definition) is 2. The molecule has 2 atom stereocenters. The number of aromatic nitrogens is 1. The summed E-state index contributed by atoms with van der Waals surface area (Å²) < 4.78 is 5.24. The lowest BCUT2D eigenvalue weighted by Gasteiger charge is -2.19. The number of thiazole rings is 1. The molecule has 0 saturated heterocycles. The van der Waals surface area contributed by atoms with Gasteiger partial charge in [-0.1, -0.05) is 0 Å². The van der Waals surface area contributed by atoms with Gasteiger partial charge >= 0.3 is 6.09 Å². The largest absolute Gasteiger partial charge is 0.444 e. The standard InChI is InChI=1S/C14H23N3O2S/c1-8-12(20-9(2)16-8)7-15-10-6-11(10)17-13(18)19-14(3,4)5/h10-11,15H,6-7H2,1-5H3,(H,17,18). The summed E-state index contributed by atoms with van der Waals surface area (Å²) in [7, 11) is 0. The summed E-state index contributed by atoms with van der Waals surface area (Å²) >= 11 is 1.72. The number of nitrogens with zero attached hydrogens (tertiary/aromatic N) is 1. The molecule has 2 N–H and O–H groups in total. The first kappa shape index (κ1) is 15.3. The molecule has 112 valence electrons. The molecule has 0 aromatic carbocycles. The van der Waals surface area contributed by atoms with Gasteiger partial charge in [0.2, 0.25) is 0 Å². The Morgan fingerprint density at radius 2 is 2.10 bits per heavy atom. The van der Waals surface area contributed by atoms with Crippen LogP contribution in [-0.4, -0.2) is 28.8 Å². The Balaban J connectivity index is 1.71. The highest BCUT2D eigenvalue weighted by Gasteiger charge is 2.39. The zero-order valence-corrected chi connectivity index (χ0v) is 13.6. The van der Waals surface area contributed by atoms with Crippen molar-refractivity contribution in [3.8, 4) is 0 Å². The lowest BCUT2D eigenvalue weighted by molar-refractivity contribution is 0.0522. The number of nitrogens with one attached hydrogen (secondary N) is 2. The summed E-state index contributed by atoms with van der Waals surface area (Å²) in [6, 6.07) is 0.517. The van der Waals surface area contributed by atoms with Gasteiger partial charge in [-0.3, -0.25) is 0 Å². The number of alkyl carbamates (subject to hydrolysis) is 1. The fourth-order valence-electron chi connectivity index (χ4n) is 2.00. The van der Waals surface area contributed by atoms with E-state index in [0.717, 1.165) is 23.7 Å². The Morgan fingerprint density at radius 3 is 2.65 bits per heavy atom. The molecule has 0 bridgehead atoms. The van der Waals surface area contributed by atoms with Gasteiger partial charge in [0, 0.05) is 23.5 Å². The molecule has 2 unspecified atom stereocenters. The highest BCUT2D eigenvalue weighted by atomic mass is 32.1. The third-order valence-corrected chi connectivity index (χ3v) is 4.09. The van der Waals surface area contributed by atoms with E-state index >= 15 is 0 Å². The Bertz CT molecular complexity index is 493. The summed E-state index contributed by atoms with van der Waals surface area (Å²) in [5.41, 5.74) is 0.649. The normalized spacial score (nSPS) is 21.6. The fourth-order valence-corrected chi connectivity index (χ4v) is 2.89. The van der Waals surface area contributed by atoms with Crippen LogP contribution in [0.4, 0.5) is 4.79 Å². The predicted molar refractivity (Wildman–Crippen MR) is 80.0 cm³/mol. The van der Waals surface area contributed by atoms with Gasteiger partial charge < -0.3 is 15.4 Å². The summed E-state index contributed by atoms with van der Waals surface area (Å²) in [5.74, 6) is 0. The van der Waals surface area contributed by atoms with Gasteiger partial charge in [-0.05, 0) is 41.0 Å². The minimum Gasteiger partial charge on any atom is -0.444 e. The number of hydrogen-bond acceptors (Lipinski definition) is 5. The molecule has 1 aliphatic rings. The lowest BCUT2D eigenvalue weighted by Crippen LogP contribution is -2.36. The van der Waals surface area contributed by atoms with Crippen molar-refractivity contribution in [3.05, 3.63) is 15.6 Å². The van der Waals surface area contributed by atoms with Crippen molar-refractivity contribution >= 4 is 17.4 Å². The van der Waals surface area contributed by atoms with Crippen LogP contribution >= 0.6 is 11.3 Å². The average molecular weight is 297 g/mol. The average Bonchev–Trinajstić information content (AvgIpc) is 2.90. The maximum atomic E-state index is 11.6. The zero-order chi connectivity index (χ0) is 14.9. The molecular weight excluding hydrogens is 274 g/mol. The summed E-state index contributed by atoms with van der Waals surface area (Å²) in [6.07, 6.45) is 0.618. The van der Waals surface area contributed by atoms with E-state index in [4.69, 9.17) is 4.74 Å². The van der Waals surface area contributed by atoms with Gasteiger partial charge in [0.05, 0.1) is 10.7 Å². The van der Waals surface area contributed by atoms with Crippen LogP contribution in [0.5, 0.6) is 0 Å². The summed E-state index contributed by atoms with van der Waals surface area (Å²) in [6.45, 7) is 10.5. The number of carbonyl (C=O) groups excluding carboxylic acids is 1. The Kier molecular flexibility index (Phi) is 4.34. The number of ether oxygens (including phenoxy) is 1. The van der Waals surface area contributed by atoms with E-state index in [0.29, 0.717) is 6.04 Å². The molecule has 0 aliphatic heterocycles. The Labute approximate surface area is 124 Å². The monoisotopic (exact) mass is 297 g/mol. The van der Waals surface area contributed by atoms with Crippen molar-refractivity contribution in [2.45, 2.75) is 65.3 Å². The quantitative estimate of drug-likeness (QED) is 0.896. The number of rotatable bonds is 4. The molecule has 2 rings (SSSR count). The molecule has 6 heteroatoms. The van der Waals surface area contributed by atoms with E-state index < -0.39 is 5.60 Å². The molecule has 20 heavy (non-hydrogen) atoms. The molecule has 1 aromatic heterocycles. The number of amides is 1. The molecule has 1 fully saturated rings. The van der Waals surface area contributed by atoms with E-state index in [1.165, 1.54) is 4.88 Å². The van der Waals surface area contributed by atoms with E-state index in [2.05, 4.69) is 15.6 Å². The van der Waals surface area contributed by atoms with E-state index in [1.54, 1.807) is 11.3 Å². The van der Waals surface area contributed by atoms with E-state index in [-0.39, 0.29) is 12.1 Å². The zero-order valence-electron chi connectivity index (χ0n) is 12.7. The minimum absolute atomic E-state index is 0.180.